The first kappa shape index (κ1) is 19.2. The van der Waals surface area contributed by atoms with Gasteiger partial charge in [0, 0.05) is 12.2 Å². The molecule has 1 heterocycles. The van der Waals surface area contributed by atoms with Crippen LogP contribution in [0.3, 0.4) is 0 Å². The Hall–Kier alpha value is -2.18. The Bertz CT molecular complexity index is 966. The van der Waals surface area contributed by atoms with Gasteiger partial charge in [-0.05, 0) is 61.0 Å². The average molecular weight is 399 g/mol. The largest absolute Gasteiger partial charge is 0.345 e. The first-order valence-corrected chi connectivity index (χ1v) is 11.6. The van der Waals surface area contributed by atoms with Crippen LogP contribution in [0.4, 0.5) is 0 Å². The molecule has 1 aliphatic carbocycles. The van der Waals surface area contributed by atoms with Crippen LogP contribution in [0.25, 0.3) is 0 Å². The molecule has 28 heavy (non-hydrogen) atoms. The highest BCUT2D eigenvalue weighted by Gasteiger charge is 2.57. The van der Waals surface area contributed by atoms with E-state index in [1.54, 1.807) is 18.2 Å². The van der Waals surface area contributed by atoms with Crippen LogP contribution in [0.15, 0.2) is 59.5 Å². The molecule has 6 heteroatoms. The fourth-order valence-corrected chi connectivity index (χ4v) is 5.04. The lowest BCUT2D eigenvalue weighted by Crippen LogP contribution is -2.35. The SMILES string of the molecule is CS(=O)(=O)c1cccc(C(NC(=O)C2CC23CCNCC3)c2ccccc2)c1. The van der Waals surface area contributed by atoms with Crippen LogP contribution in [-0.2, 0) is 14.6 Å². The highest BCUT2D eigenvalue weighted by molar-refractivity contribution is 7.90. The number of carbonyl (C=O) groups excluding carboxylic acids is 1. The van der Waals surface area contributed by atoms with Gasteiger partial charge >= 0.3 is 0 Å². The second kappa shape index (κ2) is 7.33. The Morgan fingerprint density at radius 1 is 1.07 bits per heavy atom. The number of carbonyl (C=O) groups is 1. The molecule has 2 fully saturated rings. The number of benzene rings is 2. The van der Waals surface area contributed by atoms with Gasteiger partial charge in [0.05, 0.1) is 10.9 Å². The molecule has 2 N–H and O–H groups in total. The van der Waals surface area contributed by atoms with E-state index in [0.717, 1.165) is 43.5 Å². The van der Waals surface area contributed by atoms with Crippen molar-refractivity contribution in [3.8, 4) is 0 Å². The Morgan fingerprint density at radius 2 is 1.75 bits per heavy atom. The van der Waals surface area contributed by atoms with Crippen LogP contribution in [0, 0.1) is 11.3 Å². The maximum atomic E-state index is 13.1. The molecular weight excluding hydrogens is 372 g/mol. The van der Waals surface area contributed by atoms with Crippen LogP contribution in [0.2, 0.25) is 0 Å². The van der Waals surface area contributed by atoms with Gasteiger partial charge in [-0.1, -0.05) is 42.5 Å². The topological polar surface area (TPSA) is 75.3 Å². The maximum absolute atomic E-state index is 13.1. The van der Waals surface area contributed by atoms with Crippen LogP contribution < -0.4 is 10.6 Å². The number of hydrogen-bond donors (Lipinski definition) is 2. The van der Waals surface area contributed by atoms with E-state index in [2.05, 4.69) is 10.6 Å². The molecule has 5 nitrogen and oxygen atoms in total. The second-order valence-corrected chi connectivity index (χ2v) is 10.1. The summed E-state index contributed by atoms with van der Waals surface area (Å²) in [7, 11) is -3.32. The standard InChI is InChI=1S/C22H26N2O3S/c1-28(26,27)18-9-5-8-17(14-18)20(16-6-3-2-4-7-16)24-21(25)19-15-22(19)10-12-23-13-11-22/h2-9,14,19-20,23H,10-13,15H2,1H3,(H,24,25). The predicted molar refractivity (Wildman–Crippen MR) is 109 cm³/mol. The molecule has 1 amide bonds. The molecule has 0 bridgehead atoms. The highest BCUT2D eigenvalue weighted by atomic mass is 32.2. The molecule has 1 saturated carbocycles. The summed E-state index contributed by atoms with van der Waals surface area (Å²) >= 11 is 0. The molecule has 2 aromatic carbocycles. The van der Waals surface area contributed by atoms with Gasteiger partial charge < -0.3 is 10.6 Å². The molecule has 148 valence electrons. The van der Waals surface area contributed by atoms with Crippen LogP contribution in [-0.4, -0.2) is 33.7 Å². The fourth-order valence-electron chi connectivity index (χ4n) is 4.37. The van der Waals surface area contributed by atoms with E-state index in [1.807, 2.05) is 36.4 Å². The van der Waals surface area contributed by atoms with E-state index in [0.29, 0.717) is 0 Å². The van der Waals surface area contributed by atoms with Crippen LogP contribution in [0.5, 0.6) is 0 Å². The third kappa shape index (κ3) is 3.84. The number of sulfone groups is 1. The molecule has 2 aliphatic rings. The lowest BCUT2D eigenvalue weighted by molar-refractivity contribution is -0.123. The Kier molecular flexibility index (Phi) is 5.02. The van der Waals surface area contributed by atoms with Gasteiger partial charge in [-0.15, -0.1) is 0 Å². The molecule has 1 spiro atoms. The van der Waals surface area contributed by atoms with Gasteiger partial charge in [0.25, 0.3) is 0 Å². The maximum Gasteiger partial charge on any atom is 0.224 e. The van der Waals surface area contributed by atoms with E-state index >= 15 is 0 Å². The number of piperidine rings is 1. The molecule has 0 aromatic heterocycles. The molecule has 2 atom stereocenters. The smallest absolute Gasteiger partial charge is 0.224 e. The average Bonchev–Trinajstić information content (AvgIpc) is 3.39. The van der Waals surface area contributed by atoms with Crippen LogP contribution in [0.1, 0.15) is 36.4 Å². The zero-order chi connectivity index (χ0) is 19.8. The van der Waals surface area contributed by atoms with Gasteiger partial charge in [-0.2, -0.15) is 0 Å². The molecule has 0 radical (unpaired) electrons. The van der Waals surface area contributed by atoms with E-state index in [1.165, 1.54) is 6.26 Å². The Morgan fingerprint density at radius 3 is 2.43 bits per heavy atom. The minimum absolute atomic E-state index is 0.0545. The summed E-state index contributed by atoms with van der Waals surface area (Å²) < 4.78 is 24.0. The number of amides is 1. The summed E-state index contributed by atoms with van der Waals surface area (Å²) in [5.74, 6) is 0.124. The zero-order valence-electron chi connectivity index (χ0n) is 16.0. The molecule has 4 rings (SSSR count). The monoisotopic (exact) mass is 398 g/mol. The highest BCUT2D eigenvalue weighted by Crippen LogP contribution is 2.58. The summed E-state index contributed by atoms with van der Waals surface area (Å²) in [5, 5.41) is 6.57. The van der Waals surface area contributed by atoms with E-state index in [-0.39, 0.29) is 28.2 Å². The molecule has 2 aromatic rings. The fraction of sp³-hybridized carbons (Fsp3) is 0.409. The van der Waals surface area contributed by atoms with Crippen LogP contribution >= 0.6 is 0 Å². The normalized spacial score (nSPS) is 21.8. The van der Waals surface area contributed by atoms with E-state index in [9.17, 15) is 13.2 Å². The van der Waals surface area contributed by atoms with Crippen molar-refractivity contribution in [2.75, 3.05) is 19.3 Å². The van der Waals surface area contributed by atoms with Crippen molar-refractivity contribution in [2.24, 2.45) is 11.3 Å². The van der Waals surface area contributed by atoms with Crippen molar-refractivity contribution in [1.82, 2.24) is 10.6 Å². The van der Waals surface area contributed by atoms with Crippen molar-refractivity contribution < 1.29 is 13.2 Å². The molecular formula is C22H26N2O3S. The summed E-state index contributed by atoms with van der Waals surface area (Å²) in [5.41, 5.74) is 1.88. The summed E-state index contributed by atoms with van der Waals surface area (Å²) in [6, 6.07) is 16.2. The zero-order valence-corrected chi connectivity index (χ0v) is 16.8. The molecule has 2 unspecified atom stereocenters. The minimum Gasteiger partial charge on any atom is -0.345 e. The third-order valence-corrected chi connectivity index (χ3v) is 7.25. The number of hydrogen-bond acceptors (Lipinski definition) is 4. The third-order valence-electron chi connectivity index (χ3n) is 6.14. The quantitative estimate of drug-likeness (QED) is 0.812. The lowest BCUT2D eigenvalue weighted by atomic mass is 9.91. The number of rotatable bonds is 5. The van der Waals surface area contributed by atoms with Gasteiger partial charge in [-0.25, -0.2) is 8.42 Å². The van der Waals surface area contributed by atoms with Gasteiger partial charge in [0.2, 0.25) is 5.91 Å². The molecule has 1 saturated heterocycles. The number of nitrogens with one attached hydrogen (secondary N) is 2. The van der Waals surface area contributed by atoms with Crippen molar-refractivity contribution in [1.29, 1.82) is 0 Å². The second-order valence-electron chi connectivity index (χ2n) is 8.07. The Labute approximate surface area is 166 Å². The van der Waals surface area contributed by atoms with Crippen molar-refractivity contribution >= 4 is 15.7 Å². The van der Waals surface area contributed by atoms with Gasteiger partial charge in [0.15, 0.2) is 9.84 Å². The van der Waals surface area contributed by atoms with E-state index < -0.39 is 9.84 Å². The summed E-state index contributed by atoms with van der Waals surface area (Å²) in [6.07, 6.45) is 4.24. The van der Waals surface area contributed by atoms with Crippen molar-refractivity contribution in [3.05, 3.63) is 65.7 Å². The first-order valence-electron chi connectivity index (χ1n) is 9.75. The van der Waals surface area contributed by atoms with Gasteiger partial charge in [0.1, 0.15) is 0 Å². The van der Waals surface area contributed by atoms with E-state index in [4.69, 9.17) is 0 Å². The lowest BCUT2D eigenvalue weighted by Gasteiger charge is -2.25. The molecule has 1 aliphatic heterocycles. The van der Waals surface area contributed by atoms with Crippen molar-refractivity contribution in [2.45, 2.75) is 30.2 Å². The minimum atomic E-state index is -3.32. The summed E-state index contributed by atoms with van der Waals surface area (Å²) in [4.78, 5) is 13.3. The summed E-state index contributed by atoms with van der Waals surface area (Å²) in [6.45, 7) is 1.95. The van der Waals surface area contributed by atoms with Crippen molar-refractivity contribution in [3.63, 3.8) is 0 Å². The Balaban J connectivity index is 1.61. The first-order chi connectivity index (χ1) is 13.4. The predicted octanol–water partition coefficient (Wildman–Crippen LogP) is 2.69. The van der Waals surface area contributed by atoms with Gasteiger partial charge in [-0.3, -0.25) is 4.79 Å².